The summed E-state index contributed by atoms with van der Waals surface area (Å²) in [7, 11) is 0. The Morgan fingerprint density at radius 1 is 1.17 bits per heavy atom. The van der Waals surface area contributed by atoms with Crippen molar-refractivity contribution in [2.45, 2.75) is 44.2 Å². The number of ether oxygens (including phenoxy) is 2. The maximum atomic E-state index is 13.0. The number of pyridine rings is 1. The topological polar surface area (TPSA) is 89.0 Å². The molecule has 1 N–H and O–H groups in total. The van der Waals surface area contributed by atoms with Crippen molar-refractivity contribution < 1.29 is 24.2 Å². The van der Waals surface area contributed by atoms with Crippen molar-refractivity contribution in [3.8, 4) is 11.6 Å². The number of carbonyl (C=O) groups is 2. The molecular weight excluding hydrogens is 312 g/mol. The van der Waals surface area contributed by atoms with E-state index in [0.29, 0.717) is 31.3 Å². The van der Waals surface area contributed by atoms with E-state index in [0.717, 1.165) is 25.7 Å². The van der Waals surface area contributed by atoms with Crippen molar-refractivity contribution >= 4 is 11.9 Å². The van der Waals surface area contributed by atoms with E-state index in [4.69, 9.17) is 9.47 Å². The van der Waals surface area contributed by atoms with Crippen LogP contribution in [0.25, 0.3) is 0 Å². The normalized spacial score (nSPS) is 28.3. The molecule has 0 radical (unpaired) electrons. The number of fused-ring (bicyclic) bond motifs is 2. The number of carboxylic acid groups (broad SMARTS) is 1. The molecule has 1 aromatic heterocycles. The van der Waals surface area contributed by atoms with Crippen LogP contribution < -0.4 is 9.47 Å². The van der Waals surface area contributed by atoms with Gasteiger partial charge in [-0.15, -0.1) is 0 Å². The first-order valence-corrected chi connectivity index (χ1v) is 8.47. The lowest BCUT2D eigenvalue weighted by Crippen LogP contribution is -2.46. The molecule has 2 fully saturated rings. The van der Waals surface area contributed by atoms with E-state index in [2.05, 4.69) is 4.98 Å². The molecule has 2 aliphatic heterocycles. The molecule has 0 spiro atoms. The standard InChI is InChI=1S/C17H20N2O5/c20-16(11-5-6-14-15(18-11)24-8-7-23-14)19-12-4-2-1-3-10(12)9-13(19)17(21)22/h5-6,10,12-13H,1-4,7-9H2,(H,21,22). The van der Waals surface area contributed by atoms with Crippen LogP contribution in [0.5, 0.6) is 11.6 Å². The number of rotatable bonds is 2. The molecule has 3 heterocycles. The van der Waals surface area contributed by atoms with Crippen LogP contribution in [-0.2, 0) is 4.79 Å². The molecule has 3 aliphatic rings. The predicted molar refractivity (Wildman–Crippen MR) is 83.2 cm³/mol. The van der Waals surface area contributed by atoms with Crippen LogP contribution in [0.15, 0.2) is 12.1 Å². The monoisotopic (exact) mass is 332 g/mol. The summed E-state index contributed by atoms with van der Waals surface area (Å²) >= 11 is 0. The lowest BCUT2D eigenvalue weighted by Gasteiger charge is -2.32. The van der Waals surface area contributed by atoms with Crippen LogP contribution in [0, 0.1) is 5.92 Å². The molecule has 7 heteroatoms. The lowest BCUT2D eigenvalue weighted by atomic mass is 9.84. The smallest absolute Gasteiger partial charge is 0.326 e. The van der Waals surface area contributed by atoms with Gasteiger partial charge in [-0.2, -0.15) is 0 Å². The molecule has 4 rings (SSSR count). The number of carboxylic acids is 1. The van der Waals surface area contributed by atoms with Crippen molar-refractivity contribution in [2.75, 3.05) is 13.2 Å². The van der Waals surface area contributed by atoms with Crippen LogP contribution in [-0.4, -0.2) is 52.2 Å². The zero-order valence-electron chi connectivity index (χ0n) is 13.3. The number of amides is 1. The zero-order chi connectivity index (χ0) is 16.7. The van der Waals surface area contributed by atoms with Crippen LogP contribution in [0.3, 0.4) is 0 Å². The van der Waals surface area contributed by atoms with Gasteiger partial charge < -0.3 is 19.5 Å². The molecule has 0 bridgehead atoms. The summed E-state index contributed by atoms with van der Waals surface area (Å²) in [6, 6.07) is 2.49. The quantitative estimate of drug-likeness (QED) is 0.887. The second-order valence-electron chi connectivity index (χ2n) is 6.61. The highest BCUT2D eigenvalue weighted by Crippen LogP contribution is 2.40. The van der Waals surface area contributed by atoms with Gasteiger partial charge in [0.25, 0.3) is 11.8 Å². The Bertz CT molecular complexity index is 677. The molecule has 1 aliphatic carbocycles. The van der Waals surface area contributed by atoms with Gasteiger partial charge in [-0.1, -0.05) is 12.8 Å². The molecule has 24 heavy (non-hydrogen) atoms. The summed E-state index contributed by atoms with van der Waals surface area (Å²) in [4.78, 5) is 30.5. The summed E-state index contributed by atoms with van der Waals surface area (Å²) in [5.74, 6) is -0.159. The van der Waals surface area contributed by atoms with Gasteiger partial charge in [0.2, 0.25) is 0 Å². The summed E-state index contributed by atoms with van der Waals surface area (Å²) in [6.07, 6.45) is 4.54. The average Bonchev–Trinajstić information content (AvgIpc) is 3.00. The van der Waals surface area contributed by atoms with Crippen molar-refractivity contribution in [1.82, 2.24) is 9.88 Å². The van der Waals surface area contributed by atoms with Crippen LogP contribution in [0.1, 0.15) is 42.6 Å². The largest absolute Gasteiger partial charge is 0.484 e. The van der Waals surface area contributed by atoms with Crippen molar-refractivity contribution in [1.29, 1.82) is 0 Å². The maximum Gasteiger partial charge on any atom is 0.326 e. The van der Waals surface area contributed by atoms with Gasteiger partial charge in [0.15, 0.2) is 5.75 Å². The summed E-state index contributed by atoms with van der Waals surface area (Å²) in [5.41, 5.74) is 0.219. The van der Waals surface area contributed by atoms with E-state index in [1.807, 2.05) is 0 Å². The molecular formula is C17H20N2O5. The maximum absolute atomic E-state index is 13.0. The molecule has 7 nitrogen and oxygen atoms in total. The highest BCUT2D eigenvalue weighted by molar-refractivity contribution is 5.96. The third kappa shape index (κ3) is 2.48. The third-order valence-corrected chi connectivity index (χ3v) is 5.23. The Hall–Kier alpha value is -2.31. The Morgan fingerprint density at radius 3 is 2.79 bits per heavy atom. The number of hydrogen-bond acceptors (Lipinski definition) is 5. The average molecular weight is 332 g/mol. The van der Waals surface area contributed by atoms with Crippen molar-refractivity contribution in [3.63, 3.8) is 0 Å². The van der Waals surface area contributed by atoms with Gasteiger partial charge in [0, 0.05) is 6.04 Å². The second-order valence-corrected chi connectivity index (χ2v) is 6.61. The summed E-state index contributed by atoms with van der Waals surface area (Å²) in [5, 5.41) is 9.56. The highest BCUT2D eigenvalue weighted by atomic mass is 16.6. The number of nitrogens with zero attached hydrogens (tertiary/aromatic N) is 2. The van der Waals surface area contributed by atoms with E-state index in [1.54, 1.807) is 17.0 Å². The number of carbonyl (C=O) groups excluding carboxylic acids is 1. The molecule has 1 aromatic rings. The van der Waals surface area contributed by atoms with Crippen LogP contribution in [0.2, 0.25) is 0 Å². The molecule has 3 unspecified atom stereocenters. The van der Waals surface area contributed by atoms with E-state index in [1.165, 1.54) is 0 Å². The Balaban J connectivity index is 1.65. The van der Waals surface area contributed by atoms with Gasteiger partial charge >= 0.3 is 5.97 Å². The van der Waals surface area contributed by atoms with E-state index >= 15 is 0 Å². The van der Waals surface area contributed by atoms with E-state index < -0.39 is 12.0 Å². The molecule has 1 saturated heterocycles. The van der Waals surface area contributed by atoms with Crippen LogP contribution >= 0.6 is 0 Å². The number of aromatic nitrogens is 1. The molecule has 3 atom stereocenters. The minimum atomic E-state index is -0.935. The highest BCUT2D eigenvalue weighted by Gasteiger charge is 2.48. The Morgan fingerprint density at radius 2 is 1.96 bits per heavy atom. The third-order valence-electron chi connectivity index (χ3n) is 5.23. The molecule has 1 amide bonds. The van der Waals surface area contributed by atoms with Gasteiger partial charge in [0.05, 0.1) is 0 Å². The van der Waals surface area contributed by atoms with E-state index in [9.17, 15) is 14.7 Å². The Labute approximate surface area is 139 Å². The Kier molecular flexibility index (Phi) is 3.78. The lowest BCUT2D eigenvalue weighted by molar-refractivity contribution is -0.141. The molecule has 0 aromatic carbocycles. The fraction of sp³-hybridized carbons (Fsp3) is 0.588. The predicted octanol–water partition coefficient (Wildman–Crippen LogP) is 1.71. The van der Waals surface area contributed by atoms with Gasteiger partial charge in [0.1, 0.15) is 24.9 Å². The van der Waals surface area contributed by atoms with Gasteiger partial charge in [-0.3, -0.25) is 4.79 Å². The fourth-order valence-electron chi connectivity index (χ4n) is 4.15. The molecule has 1 saturated carbocycles. The van der Waals surface area contributed by atoms with Crippen molar-refractivity contribution in [2.24, 2.45) is 5.92 Å². The molecule has 128 valence electrons. The van der Waals surface area contributed by atoms with Crippen molar-refractivity contribution in [3.05, 3.63) is 17.8 Å². The van der Waals surface area contributed by atoms with E-state index in [-0.39, 0.29) is 23.6 Å². The first kappa shape index (κ1) is 15.2. The summed E-state index contributed by atoms with van der Waals surface area (Å²) < 4.78 is 10.9. The fourth-order valence-corrected chi connectivity index (χ4v) is 4.15. The zero-order valence-corrected chi connectivity index (χ0v) is 13.3. The number of aliphatic carboxylic acids is 1. The summed E-state index contributed by atoms with van der Waals surface area (Å²) in [6.45, 7) is 0.850. The SMILES string of the molecule is O=C(O)C1CC2CCCCC2N1C(=O)c1ccc2c(n1)OCCO2. The van der Waals surface area contributed by atoms with Crippen LogP contribution in [0.4, 0.5) is 0 Å². The number of hydrogen-bond donors (Lipinski definition) is 1. The van der Waals surface area contributed by atoms with Gasteiger partial charge in [-0.05, 0) is 37.3 Å². The number of likely N-dealkylation sites (tertiary alicyclic amines) is 1. The first-order valence-electron chi connectivity index (χ1n) is 8.47. The second kappa shape index (κ2) is 5.96. The minimum absolute atomic E-state index is 0.00218. The van der Waals surface area contributed by atoms with Gasteiger partial charge in [-0.25, -0.2) is 9.78 Å². The minimum Gasteiger partial charge on any atom is -0.484 e. The first-order chi connectivity index (χ1) is 11.6.